The van der Waals surface area contributed by atoms with Crippen molar-refractivity contribution in [1.29, 1.82) is 0 Å². The van der Waals surface area contributed by atoms with Crippen LogP contribution in [0, 0.1) is 0 Å². The van der Waals surface area contributed by atoms with Crippen LogP contribution in [0.15, 0.2) is 53.3 Å². The molecule has 1 heterocycles. The van der Waals surface area contributed by atoms with Crippen LogP contribution in [-0.4, -0.2) is 16.1 Å². The van der Waals surface area contributed by atoms with Crippen LogP contribution in [0.2, 0.25) is 0 Å². The van der Waals surface area contributed by atoms with Crippen LogP contribution < -0.4 is 5.32 Å². The van der Waals surface area contributed by atoms with E-state index in [0.717, 1.165) is 10.2 Å². The summed E-state index contributed by atoms with van der Waals surface area (Å²) in [6.07, 6.45) is 3.16. The Morgan fingerprint density at radius 3 is 2.67 bits per heavy atom. The first-order chi connectivity index (χ1) is 8.68. The van der Waals surface area contributed by atoms with Gasteiger partial charge < -0.3 is 10.4 Å². The van der Waals surface area contributed by atoms with E-state index >= 15 is 0 Å². The van der Waals surface area contributed by atoms with Gasteiger partial charge in [-0.3, -0.25) is 4.98 Å². The predicted molar refractivity (Wildman–Crippen MR) is 72.4 cm³/mol. The average Bonchev–Trinajstić information content (AvgIpc) is 2.38. The maximum atomic E-state index is 11.3. The molecule has 0 fully saturated rings. The van der Waals surface area contributed by atoms with Gasteiger partial charge in [0, 0.05) is 28.1 Å². The third kappa shape index (κ3) is 2.87. The molecule has 18 heavy (non-hydrogen) atoms. The topological polar surface area (TPSA) is 62.2 Å². The second-order valence-corrected chi connectivity index (χ2v) is 4.54. The first-order valence-corrected chi connectivity index (χ1v) is 6.11. The van der Waals surface area contributed by atoms with Gasteiger partial charge in [-0.05, 0) is 34.1 Å². The Morgan fingerprint density at radius 2 is 2.06 bits per heavy atom. The van der Waals surface area contributed by atoms with Gasteiger partial charge in [0.15, 0.2) is 6.04 Å². The van der Waals surface area contributed by atoms with Crippen LogP contribution in [0.5, 0.6) is 0 Å². The number of para-hydroxylation sites is 1. The van der Waals surface area contributed by atoms with Gasteiger partial charge >= 0.3 is 5.97 Å². The molecule has 2 rings (SSSR count). The summed E-state index contributed by atoms with van der Waals surface area (Å²) in [5.74, 6) is -0.946. The molecular weight excluding hydrogens is 296 g/mol. The van der Waals surface area contributed by atoms with Gasteiger partial charge in [-0.2, -0.15) is 0 Å². The number of anilines is 1. The van der Waals surface area contributed by atoms with Gasteiger partial charge in [-0.1, -0.05) is 18.2 Å². The molecule has 0 amide bonds. The second kappa shape index (κ2) is 5.64. The highest BCUT2D eigenvalue weighted by Crippen LogP contribution is 2.26. The molecule has 4 nitrogen and oxygen atoms in total. The Morgan fingerprint density at radius 1 is 1.28 bits per heavy atom. The summed E-state index contributed by atoms with van der Waals surface area (Å²) in [7, 11) is 0. The Labute approximate surface area is 113 Å². The smallest absolute Gasteiger partial charge is 0.330 e. The zero-order valence-electron chi connectivity index (χ0n) is 9.38. The Hall–Kier alpha value is -1.88. The van der Waals surface area contributed by atoms with Crippen molar-refractivity contribution in [2.45, 2.75) is 6.04 Å². The van der Waals surface area contributed by atoms with Crippen LogP contribution in [-0.2, 0) is 4.79 Å². The number of nitrogens with one attached hydrogen (secondary N) is 1. The minimum atomic E-state index is -0.946. The Balaban J connectivity index is 2.28. The molecule has 2 N–H and O–H groups in total. The summed E-state index contributed by atoms with van der Waals surface area (Å²) in [6.45, 7) is 0. The number of carboxylic acids is 1. The lowest BCUT2D eigenvalue weighted by atomic mass is 10.1. The highest BCUT2D eigenvalue weighted by Gasteiger charge is 2.20. The van der Waals surface area contributed by atoms with Crippen molar-refractivity contribution in [3.8, 4) is 0 Å². The molecule has 0 aliphatic rings. The number of hydrogen-bond acceptors (Lipinski definition) is 3. The maximum absolute atomic E-state index is 11.3. The van der Waals surface area contributed by atoms with Gasteiger partial charge in [0.2, 0.25) is 0 Å². The van der Waals surface area contributed by atoms with Gasteiger partial charge in [0.25, 0.3) is 0 Å². The summed E-state index contributed by atoms with van der Waals surface area (Å²) in [5, 5.41) is 12.2. The third-order valence-electron chi connectivity index (χ3n) is 2.44. The zero-order chi connectivity index (χ0) is 13.0. The predicted octanol–water partition coefficient (Wildman–Crippen LogP) is 3.08. The number of halogens is 1. The third-order valence-corrected chi connectivity index (χ3v) is 3.13. The number of pyridine rings is 1. The standard InChI is InChI=1S/C13H11BrN2O2/c14-10-5-1-2-6-11(10)16-12(13(17)18)9-4-3-7-15-8-9/h1-8,12,16H,(H,17,18). The van der Waals surface area contributed by atoms with Crippen molar-refractivity contribution in [3.05, 3.63) is 58.8 Å². The molecular formula is C13H11BrN2O2. The lowest BCUT2D eigenvalue weighted by Gasteiger charge is -2.16. The van der Waals surface area contributed by atoms with Crippen molar-refractivity contribution < 1.29 is 9.90 Å². The lowest BCUT2D eigenvalue weighted by Crippen LogP contribution is -2.20. The van der Waals surface area contributed by atoms with Crippen LogP contribution in [0.25, 0.3) is 0 Å². The Bertz CT molecular complexity index is 546. The summed E-state index contributed by atoms with van der Waals surface area (Å²) < 4.78 is 0.820. The van der Waals surface area contributed by atoms with E-state index in [4.69, 9.17) is 0 Å². The minimum absolute atomic E-state index is 0.612. The fraction of sp³-hybridized carbons (Fsp3) is 0.0769. The van der Waals surface area contributed by atoms with E-state index in [9.17, 15) is 9.90 Å². The number of nitrogens with zero attached hydrogens (tertiary/aromatic N) is 1. The van der Waals surface area contributed by atoms with Crippen molar-refractivity contribution in [2.24, 2.45) is 0 Å². The molecule has 0 spiro atoms. The summed E-state index contributed by atoms with van der Waals surface area (Å²) in [5.41, 5.74) is 1.34. The fourth-order valence-electron chi connectivity index (χ4n) is 1.57. The molecule has 0 aliphatic carbocycles. The second-order valence-electron chi connectivity index (χ2n) is 3.68. The van der Waals surface area contributed by atoms with E-state index in [-0.39, 0.29) is 0 Å². The molecule has 0 saturated heterocycles. The molecule has 0 bridgehead atoms. The molecule has 1 unspecified atom stereocenters. The zero-order valence-corrected chi connectivity index (χ0v) is 11.0. The van der Waals surface area contributed by atoms with E-state index in [2.05, 4.69) is 26.2 Å². The normalized spacial score (nSPS) is 11.8. The molecule has 1 aromatic heterocycles. The number of hydrogen-bond donors (Lipinski definition) is 2. The fourth-order valence-corrected chi connectivity index (χ4v) is 1.97. The largest absolute Gasteiger partial charge is 0.479 e. The van der Waals surface area contributed by atoms with Crippen LogP contribution in [0.3, 0.4) is 0 Å². The summed E-state index contributed by atoms with van der Waals surface area (Å²) in [6, 6.07) is 10.0. The van der Waals surface area contributed by atoms with Crippen molar-refractivity contribution in [3.63, 3.8) is 0 Å². The van der Waals surface area contributed by atoms with E-state index < -0.39 is 12.0 Å². The number of carboxylic acid groups (broad SMARTS) is 1. The van der Waals surface area contributed by atoms with E-state index in [0.29, 0.717) is 5.56 Å². The summed E-state index contributed by atoms with van der Waals surface area (Å²) >= 11 is 3.38. The van der Waals surface area contributed by atoms with Gasteiger partial charge in [0.05, 0.1) is 0 Å². The first kappa shape index (κ1) is 12.6. The SMILES string of the molecule is O=C(O)C(Nc1ccccc1Br)c1cccnc1. The van der Waals surface area contributed by atoms with E-state index in [1.165, 1.54) is 0 Å². The van der Waals surface area contributed by atoms with Crippen LogP contribution in [0.4, 0.5) is 5.69 Å². The number of aromatic nitrogens is 1. The van der Waals surface area contributed by atoms with Gasteiger partial charge in [0.1, 0.15) is 0 Å². The highest BCUT2D eigenvalue weighted by atomic mass is 79.9. The molecule has 0 saturated carbocycles. The van der Waals surface area contributed by atoms with Crippen molar-refractivity contribution in [1.82, 2.24) is 4.98 Å². The van der Waals surface area contributed by atoms with Gasteiger partial charge in [-0.25, -0.2) is 4.79 Å². The molecule has 0 aliphatic heterocycles. The van der Waals surface area contributed by atoms with Gasteiger partial charge in [-0.15, -0.1) is 0 Å². The van der Waals surface area contributed by atoms with Crippen LogP contribution >= 0.6 is 15.9 Å². The molecule has 2 aromatic rings. The number of carbonyl (C=O) groups is 1. The lowest BCUT2D eigenvalue weighted by molar-refractivity contribution is -0.138. The van der Waals surface area contributed by atoms with E-state index in [1.54, 1.807) is 24.5 Å². The highest BCUT2D eigenvalue weighted by molar-refractivity contribution is 9.10. The number of rotatable bonds is 4. The maximum Gasteiger partial charge on any atom is 0.330 e. The minimum Gasteiger partial charge on any atom is -0.479 e. The molecule has 0 radical (unpaired) electrons. The number of aliphatic carboxylic acids is 1. The molecule has 5 heteroatoms. The monoisotopic (exact) mass is 306 g/mol. The van der Waals surface area contributed by atoms with E-state index in [1.807, 2.05) is 24.3 Å². The van der Waals surface area contributed by atoms with Crippen molar-refractivity contribution >= 4 is 27.6 Å². The first-order valence-electron chi connectivity index (χ1n) is 5.32. The molecule has 1 atom stereocenters. The van der Waals surface area contributed by atoms with Crippen LogP contribution in [0.1, 0.15) is 11.6 Å². The molecule has 1 aromatic carbocycles. The molecule has 92 valence electrons. The quantitative estimate of drug-likeness (QED) is 0.911. The van der Waals surface area contributed by atoms with Crippen molar-refractivity contribution in [2.75, 3.05) is 5.32 Å². The summed E-state index contributed by atoms with van der Waals surface area (Å²) in [4.78, 5) is 15.2. The average molecular weight is 307 g/mol. The number of benzene rings is 1. The Kier molecular flexibility index (Phi) is 3.94.